The minimum atomic E-state index is -1.06. The van der Waals surface area contributed by atoms with E-state index >= 15 is 0 Å². The number of nitrogens with one attached hydrogen (secondary N) is 1. The predicted molar refractivity (Wildman–Crippen MR) is 71.9 cm³/mol. The molecule has 0 aromatic heterocycles. The van der Waals surface area contributed by atoms with Gasteiger partial charge in [0.05, 0.1) is 0 Å². The first kappa shape index (κ1) is 13.0. The maximum absolute atomic E-state index is 12.3. The summed E-state index contributed by atoms with van der Waals surface area (Å²) in [5.41, 5.74) is 2.75. The van der Waals surface area contributed by atoms with E-state index in [1.54, 1.807) is 36.4 Å². The van der Waals surface area contributed by atoms with E-state index in [4.69, 9.17) is 0 Å². The highest BCUT2D eigenvalue weighted by Crippen LogP contribution is 2.27. The molecule has 0 unspecified atom stereocenters. The quantitative estimate of drug-likeness (QED) is 0.855. The van der Waals surface area contributed by atoms with Gasteiger partial charge in [-0.25, -0.2) is 4.39 Å². The van der Waals surface area contributed by atoms with Gasteiger partial charge in [-0.1, -0.05) is 42.5 Å². The van der Waals surface area contributed by atoms with Crippen LogP contribution in [-0.4, -0.2) is 18.9 Å². The zero-order valence-electron chi connectivity index (χ0n) is 10.1. The third-order valence-corrected chi connectivity index (χ3v) is 2.68. The van der Waals surface area contributed by atoms with E-state index in [0.29, 0.717) is 11.3 Å². The van der Waals surface area contributed by atoms with Crippen LogP contribution in [0.15, 0.2) is 48.5 Å². The molecule has 2 aromatic carbocycles. The SMILES string of the molecule is O=Cc1ccc(-c2ccccc2NC(=O)CF)cc1. The number of rotatable bonds is 4. The number of anilines is 1. The Hall–Kier alpha value is -2.49. The second-order valence-electron chi connectivity index (χ2n) is 3.97. The molecule has 0 heterocycles. The molecule has 2 aromatic rings. The molecular weight excluding hydrogens is 245 g/mol. The monoisotopic (exact) mass is 257 g/mol. The van der Waals surface area contributed by atoms with Crippen molar-refractivity contribution in [2.75, 3.05) is 12.0 Å². The summed E-state index contributed by atoms with van der Waals surface area (Å²) in [4.78, 5) is 21.7. The molecule has 19 heavy (non-hydrogen) atoms. The van der Waals surface area contributed by atoms with Gasteiger partial charge in [-0.05, 0) is 11.6 Å². The Morgan fingerprint density at radius 3 is 2.42 bits per heavy atom. The highest BCUT2D eigenvalue weighted by molar-refractivity contribution is 5.96. The van der Waals surface area contributed by atoms with Crippen LogP contribution in [0, 0.1) is 0 Å². The summed E-state index contributed by atoms with van der Waals surface area (Å²) in [5, 5.41) is 2.50. The van der Waals surface area contributed by atoms with Crippen LogP contribution in [0.3, 0.4) is 0 Å². The number of para-hydroxylation sites is 1. The number of aldehydes is 1. The molecule has 0 saturated heterocycles. The van der Waals surface area contributed by atoms with Crippen LogP contribution < -0.4 is 5.32 Å². The number of benzene rings is 2. The normalized spacial score (nSPS) is 9.95. The Bertz CT molecular complexity index is 593. The average molecular weight is 257 g/mol. The first-order chi connectivity index (χ1) is 9.24. The van der Waals surface area contributed by atoms with Crippen LogP contribution in [-0.2, 0) is 4.79 Å². The number of hydrogen-bond acceptors (Lipinski definition) is 2. The molecule has 0 aliphatic rings. The second-order valence-corrected chi connectivity index (χ2v) is 3.97. The molecule has 0 fully saturated rings. The highest BCUT2D eigenvalue weighted by atomic mass is 19.1. The van der Waals surface area contributed by atoms with Crippen molar-refractivity contribution in [1.29, 1.82) is 0 Å². The fourth-order valence-electron chi connectivity index (χ4n) is 1.77. The van der Waals surface area contributed by atoms with Crippen LogP contribution in [0.2, 0.25) is 0 Å². The minimum Gasteiger partial charge on any atom is -0.323 e. The lowest BCUT2D eigenvalue weighted by atomic mass is 10.0. The molecule has 4 heteroatoms. The summed E-state index contributed by atoms with van der Waals surface area (Å²) in [6.07, 6.45) is 0.764. The lowest BCUT2D eigenvalue weighted by molar-refractivity contribution is -0.117. The number of amides is 1. The number of hydrogen-bond donors (Lipinski definition) is 1. The Labute approximate surface area is 110 Å². The maximum Gasteiger partial charge on any atom is 0.255 e. The van der Waals surface area contributed by atoms with E-state index < -0.39 is 12.6 Å². The largest absolute Gasteiger partial charge is 0.323 e. The molecule has 0 aliphatic carbocycles. The van der Waals surface area contributed by atoms with Crippen molar-refractivity contribution < 1.29 is 14.0 Å². The van der Waals surface area contributed by atoms with Crippen molar-refractivity contribution in [3.05, 3.63) is 54.1 Å². The molecule has 2 rings (SSSR count). The van der Waals surface area contributed by atoms with Gasteiger partial charge in [-0.15, -0.1) is 0 Å². The van der Waals surface area contributed by atoms with Crippen LogP contribution in [0.5, 0.6) is 0 Å². The van der Waals surface area contributed by atoms with Gasteiger partial charge in [0.1, 0.15) is 6.29 Å². The third-order valence-electron chi connectivity index (χ3n) is 2.68. The van der Waals surface area contributed by atoms with E-state index in [2.05, 4.69) is 5.32 Å². The molecule has 1 amide bonds. The highest BCUT2D eigenvalue weighted by Gasteiger charge is 2.07. The summed E-state index contributed by atoms with van der Waals surface area (Å²) in [6, 6.07) is 14.1. The van der Waals surface area contributed by atoms with E-state index in [1.807, 2.05) is 12.1 Å². The molecular formula is C15H12FNO2. The summed E-state index contributed by atoms with van der Waals surface area (Å²) in [7, 11) is 0. The van der Waals surface area contributed by atoms with Crippen LogP contribution >= 0.6 is 0 Å². The molecule has 1 N–H and O–H groups in total. The first-order valence-electron chi connectivity index (χ1n) is 5.75. The van der Waals surface area contributed by atoms with Gasteiger partial charge < -0.3 is 5.32 Å². The molecule has 0 spiro atoms. The predicted octanol–water partition coefficient (Wildman–Crippen LogP) is 3.07. The van der Waals surface area contributed by atoms with Crippen molar-refractivity contribution in [3.63, 3.8) is 0 Å². The van der Waals surface area contributed by atoms with Crippen molar-refractivity contribution >= 4 is 17.9 Å². The van der Waals surface area contributed by atoms with E-state index in [1.165, 1.54) is 0 Å². The van der Waals surface area contributed by atoms with Crippen molar-refractivity contribution in [1.82, 2.24) is 0 Å². The smallest absolute Gasteiger partial charge is 0.255 e. The van der Waals surface area contributed by atoms with Crippen molar-refractivity contribution in [2.24, 2.45) is 0 Å². The number of halogens is 1. The van der Waals surface area contributed by atoms with Gasteiger partial charge in [0, 0.05) is 16.8 Å². The topological polar surface area (TPSA) is 46.2 Å². The van der Waals surface area contributed by atoms with E-state index in [0.717, 1.165) is 17.4 Å². The van der Waals surface area contributed by atoms with Crippen LogP contribution in [0.1, 0.15) is 10.4 Å². The van der Waals surface area contributed by atoms with Gasteiger partial charge in [-0.2, -0.15) is 0 Å². The zero-order chi connectivity index (χ0) is 13.7. The van der Waals surface area contributed by atoms with Gasteiger partial charge in [0.2, 0.25) is 0 Å². The Morgan fingerprint density at radius 1 is 1.11 bits per heavy atom. The third kappa shape index (κ3) is 3.04. The van der Waals surface area contributed by atoms with E-state index in [-0.39, 0.29) is 0 Å². The van der Waals surface area contributed by atoms with Crippen molar-refractivity contribution in [2.45, 2.75) is 0 Å². The molecule has 0 saturated carbocycles. The number of alkyl halides is 1. The summed E-state index contributed by atoms with van der Waals surface area (Å²) in [6.45, 7) is -1.06. The molecule has 96 valence electrons. The molecule has 0 atom stereocenters. The summed E-state index contributed by atoms with van der Waals surface area (Å²) < 4.78 is 12.3. The zero-order valence-corrected chi connectivity index (χ0v) is 10.1. The summed E-state index contributed by atoms with van der Waals surface area (Å²) in [5.74, 6) is -0.683. The fourth-order valence-corrected chi connectivity index (χ4v) is 1.77. The lowest BCUT2D eigenvalue weighted by Crippen LogP contribution is -2.13. The summed E-state index contributed by atoms with van der Waals surface area (Å²) >= 11 is 0. The van der Waals surface area contributed by atoms with Crippen LogP contribution in [0.4, 0.5) is 10.1 Å². The van der Waals surface area contributed by atoms with Gasteiger partial charge in [0.15, 0.2) is 6.67 Å². The van der Waals surface area contributed by atoms with Crippen molar-refractivity contribution in [3.8, 4) is 11.1 Å². The number of carbonyl (C=O) groups excluding carboxylic acids is 2. The fraction of sp³-hybridized carbons (Fsp3) is 0.0667. The van der Waals surface area contributed by atoms with E-state index in [9.17, 15) is 14.0 Å². The van der Waals surface area contributed by atoms with Gasteiger partial charge in [0.25, 0.3) is 5.91 Å². The maximum atomic E-state index is 12.3. The molecule has 0 radical (unpaired) electrons. The van der Waals surface area contributed by atoms with Gasteiger partial charge in [-0.3, -0.25) is 9.59 Å². The second kappa shape index (κ2) is 5.91. The van der Waals surface area contributed by atoms with Gasteiger partial charge >= 0.3 is 0 Å². The first-order valence-corrected chi connectivity index (χ1v) is 5.75. The molecule has 3 nitrogen and oxygen atoms in total. The standard InChI is InChI=1S/C15H12FNO2/c16-9-15(19)17-14-4-2-1-3-13(14)12-7-5-11(10-18)6-8-12/h1-8,10H,9H2,(H,17,19). The molecule has 0 aliphatic heterocycles. The molecule has 0 bridgehead atoms. The number of carbonyl (C=O) groups is 2. The lowest BCUT2D eigenvalue weighted by Gasteiger charge is -2.10. The van der Waals surface area contributed by atoms with Crippen LogP contribution in [0.25, 0.3) is 11.1 Å². The average Bonchev–Trinajstić information content (AvgIpc) is 2.48. The Morgan fingerprint density at radius 2 is 1.79 bits per heavy atom. The Kier molecular flexibility index (Phi) is 4.03. The Balaban J connectivity index is 2.37. The minimum absolute atomic E-state index is 0.545.